The Morgan fingerprint density at radius 3 is 2.05 bits per heavy atom. The van der Waals surface area contributed by atoms with Gasteiger partial charge in [-0.1, -0.05) is 97.1 Å². The van der Waals surface area contributed by atoms with Gasteiger partial charge in [-0.25, -0.2) is 8.42 Å². The molecule has 4 rings (SSSR count). The van der Waals surface area contributed by atoms with Crippen molar-refractivity contribution in [2.45, 2.75) is 57.2 Å². The van der Waals surface area contributed by atoms with Crippen LogP contribution >= 0.6 is 23.2 Å². The summed E-state index contributed by atoms with van der Waals surface area (Å²) >= 11 is 13.0. The predicted octanol–water partition coefficient (Wildman–Crippen LogP) is 5.85. The van der Waals surface area contributed by atoms with Gasteiger partial charge in [0.2, 0.25) is 21.8 Å². The Labute approximate surface area is 252 Å². The Kier molecular flexibility index (Phi) is 10.7. The summed E-state index contributed by atoms with van der Waals surface area (Å²) < 4.78 is 26.7. The lowest BCUT2D eigenvalue weighted by molar-refractivity contribution is -0.140. The summed E-state index contributed by atoms with van der Waals surface area (Å²) in [5, 5.41) is 3.88. The van der Waals surface area contributed by atoms with Crippen LogP contribution in [0.15, 0.2) is 78.9 Å². The van der Waals surface area contributed by atoms with E-state index in [4.69, 9.17) is 23.2 Å². The second-order valence-electron chi connectivity index (χ2n) is 10.4. The van der Waals surface area contributed by atoms with Gasteiger partial charge in [0.1, 0.15) is 12.6 Å². The molecule has 0 bridgehead atoms. The number of hydrogen-bond donors (Lipinski definition) is 1. The summed E-state index contributed by atoms with van der Waals surface area (Å²) in [7, 11) is -3.83. The van der Waals surface area contributed by atoms with Crippen LogP contribution in [0.4, 0.5) is 5.69 Å². The van der Waals surface area contributed by atoms with Crippen LogP contribution in [0.5, 0.6) is 0 Å². The molecule has 0 aromatic heterocycles. The molecule has 1 fully saturated rings. The van der Waals surface area contributed by atoms with Crippen LogP contribution in [0.2, 0.25) is 10.0 Å². The van der Waals surface area contributed by atoms with Crippen molar-refractivity contribution in [2.24, 2.45) is 0 Å². The molecule has 7 nitrogen and oxygen atoms in total. The third-order valence-electron chi connectivity index (χ3n) is 7.34. The third kappa shape index (κ3) is 8.47. The Morgan fingerprint density at radius 2 is 1.46 bits per heavy atom. The molecule has 218 valence electrons. The number of benzene rings is 3. The Bertz CT molecular complexity index is 1410. The summed E-state index contributed by atoms with van der Waals surface area (Å²) in [5.41, 5.74) is 1.70. The van der Waals surface area contributed by atoms with Crippen LogP contribution in [0.1, 0.15) is 43.2 Å². The second kappa shape index (κ2) is 14.2. The molecule has 2 amide bonds. The van der Waals surface area contributed by atoms with E-state index in [2.05, 4.69) is 5.32 Å². The molecule has 1 aliphatic rings. The number of halogens is 2. The average Bonchev–Trinajstić information content (AvgIpc) is 2.95. The number of sulfonamides is 1. The molecular formula is C31H35Cl2N3O4S. The number of para-hydroxylation sites is 1. The van der Waals surface area contributed by atoms with Gasteiger partial charge in [-0.3, -0.25) is 13.9 Å². The molecule has 0 heterocycles. The first-order valence-corrected chi connectivity index (χ1v) is 16.3. The standard InChI is InChI=1S/C31H35Cl2N3O4S/c1-41(39,40)36(25-16-9-4-10-17-25)22-30(37)35(21-26-27(32)18-11-19-28(26)33)29(20-23-12-5-2-6-13-23)31(38)34-24-14-7-3-8-15-24/h2,4-6,9-13,16-19,24,29H,3,7-8,14-15,20-22H2,1H3,(H,34,38). The number of anilines is 1. The predicted molar refractivity (Wildman–Crippen MR) is 165 cm³/mol. The monoisotopic (exact) mass is 615 g/mol. The summed E-state index contributed by atoms with van der Waals surface area (Å²) in [4.78, 5) is 29.6. The normalized spacial score (nSPS) is 14.7. The average molecular weight is 617 g/mol. The van der Waals surface area contributed by atoms with Crippen LogP contribution in [-0.2, 0) is 32.6 Å². The van der Waals surface area contributed by atoms with Gasteiger partial charge in [0, 0.05) is 34.6 Å². The van der Waals surface area contributed by atoms with E-state index in [-0.39, 0.29) is 24.9 Å². The number of rotatable bonds is 11. The van der Waals surface area contributed by atoms with Crippen LogP contribution < -0.4 is 9.62 Å². The minimum absolute atomic E-state index is 0.0206. The first kappa shape index (κ1) is 30.9. The van der Waals surface area contributed by atoms with Crippen molar-refractivity contribution in [3.8, 4) is 0 Å². The smallest absolute Gasteiger partial charge is 0.244 e. The zero-order chi connectivity index (χ0) is 29.4. The Morgan fingerprint density at radius 1 is 0.878 bits per heavy atom. The number of carbonyl (C=O) groups excluding carboxylic acids is 2. The van der Waals surface area contributed by atoms with Gasteiger partial charge in [0.05, 0.1) is 11.9 Å². The number of amides is 2. The van der Waals surface area contributed by atoms with Gasteiger partial charge in [0.25, 0.3) is 0 Å². The number of nitrogens with zero attached hydrogens (tertiary/aromatic N) is 2. The lowest BCUT2D eigenvalue weighted by Crippen LogP contribution is -2.55. The second-order valence-corrected chi connectivity index (χ2v) is 13.1. The van der Waals surface area contributed by atoms with Crippen molar-refractivity contribution in [3.05, 3.63) is 100 Å². The molecule has 3 aromatic rings. The summed E-state index contributed by atoms with van der Waals surface area (Å²) in [6.45, 7) is -0.563. The minimum Gasteiger partial charge on any atom is -0.352 e. The lowest BCUT2D eigenvalue weighted by atomic mass is 9.94. The van der Waals surface area contributed by atoms with Crippen molar-refractivity contribution in [1.82, 2.24) is 10.2 Å². The van der Waals surface area contributed by atoms with Crippen molar-refractivity contribution in [3.63, 3.8) is 0 Å². The molecule has 0 radical (unpaired) electrons. The summed E-state index contributed by atoms with van der Waals surface area (Å²) in [5.74, 6) is -0.835. The number of nitrogens with one attached hydrogen (secondary N) is 1. The largest absolute Gasteiger partial charge is 0.352 e. The maximum Gasteiger partial charge on any atom is 0.244 e. The highest BCUT2D eigenvalue weighted by molar-refractivity contribution is 7.92. The van der Waals surface area contributed by atoms with Crippen molar-refractivity contribution >= 4 is 50.7 Å². The molecule has 41 heavy (non-hydrogen) atoms. The maximum absolute atomic E-state index is 14.2. The van der Waals surface area contributed by atoms with Crippen LogP contribution in [0.25, 0.3) is 0 Å². The quantitative estimate of drug-likeness (QED) is 0.293. The summed E-state index contributed by atoms with van der Waals surface area (Å²) in [6, 6.07) is 22.0. The molecular weight excluding hydrogens is 581 g/mol. The molecule has 3 aromatic carbocycles. The van der Waals surface area contributed by atoms with E-state index in [9.17, 15) is 18.0 Å². The zero-order valence-corrected chi connectivity index (χ0v) is 25.3. The minimum atomic E-state index is -3.83. The van der Waals surface area contributed by atoms with Gasteiger partial charge in [-0.05, 0) is 42.7 Å². The van der Waals surface area contributed by atoms with Crippen LogP contribution in [-0.4, -0.2) is 50.0 Å². The Hall–Kier alpha value is -3.07. The maximum atomic E-state index is 14.2. The molecule has 1 saturated carbocycles. The van der Waals surface area contributed by atoms with Gasteiger partial charge < -0.3 is 10.2 Å². The molecule has 0 aliphatic heterocycles. The first-order valence-electron chi connectivity index (χ1n) is 13.7. The Balaban J connectivity index is 1.75. The molecule has 1 atom stereocenters. The van der Waals surface area contributed by atoms with Crippen molar-refractivity contribution < 1.29 is 18.0 Å². The van der Waals surface area contributed by atoms with E-state index in [1.165, 1.54) is 4.90 Å². The van der Waals surface area contributed by atoms with Gasteiger partial charge in [0.15, 0.2) is 0 Å². The first-order chi connectivity index (χ1) is 19.6. The molecule has 0 spiro atoms. The number of carbonyl (C=O) groups is 2. The fraction of sp³-hybridized carbons (Fsp3) is 0.355. The van der Waals surface area contributed by atoms with Gasteiger partial charge >= 0.3 is 0 Å². The highest BCUT2D eigenvalue weighted by Crippen LogP contribution is 2.28. The molecule has 1 unspecified atom stereocenters. The van der Waals surface area contributed by atoms with Gasteiger partial charge in [-0.2, -0.15) is 0 Å². The topological polar surface area (TPSA) is 86.8 Å². The summed E-state index contributed by atoms with van der Waals surface area (Å²) in [6.07, 6.45) is 6.25. The van der Waals surface area contributed by atoms with Crippen LogP contribution in [0.3, 0.4) is 0 Å². The van der Waals surface area contributed by atoms with Crippen molar-refractivity contribution in [2.75, 3.05) is 17.1 Å². The van der Waals surface area contributed by atoms with Crippen LogP contribution in [0, 0.1) is 0 Å². The molecule has 1 aliphatic carbocycles. The van der Waals surface area contributed by atoms with E-state index < -0.39 is 28.5 Å². The van der Waals surface area contributed by atoms with E-state index >= 15 is 0 Å². The molecule has 0 saturated heterocycles. The fourth-order valence-corrected chi connectivity index (χ4v) is 6.53. The van der Waals surface area contributed by atoms with E-state index in [0.29, 0.717) is 21.3 Å². The highest BCUT2D eigenvalue weighted by atomic mass is 35.5. The lowest BCUT2D eigenvalue weighted by Gasteiger charge is -2.35. The number of hydrogen-bond acceptors (Lipinski definition) is 4. The fourth-order valence-electron chi connectivity index (χ4n) is 5.16. The van der Waals surface area contributed by atoms with E-state index in [1.54, 1.807) is 48.5 Å². The van der Waals surface area contributed by atoms with Gasteiger partial charge in [-0.15, -0.1) is 0 Å². The zero-order valence-electron chi connectivity index (χ0n) is 23.0. The van der Waals surface area contributed by atoms with Crippen molar-refractivity contribution in [1.29, 1.82) is 0 Å². The highest BCUT2D eigenvalue weighted by Gasteiger charge is 2.34. The van der Waals surface area contributed by atoms with E-state index in [1.807, 2.05) is 30.3 Å². The third-order valence-corrected chi connectivity index (χ3v) is 9.18. The van der Waals surface area contributed by atoms with E-state index in [0.717, 1.165) is 48.2 Å². The molecule has 10 heteroatoms. The molecule has 1 N–H and O–H groups in total. The SMILES string of the molecule is CS(=O)(=O)N(CC(=O)N(Cc1c(Cl)cccc1Cl)C(Cc1ccccc1)C(=O)NC1CCCCC1)c1ccccc1.